The first-order chi connectivity index (χ1) is 13.0. The third-order valence-electron chi connectivity index (χ3n) is 4.67. The molecule has 0 aromatic heterocycles. The molecule has 2 aromatic carbocycles. The van der Waals surface area contributed by atoms with E-state index in [1.165, 1.54) is 11.4 Å². The quantitative estimate of drug-likeness (QED) is 0.713. The summed E-state index contributed by atoms with van der Waals surface area (Å²) in [6, 6.07) is 15.9. The summed E-state index contributed by atoms with van der Waals surface area (Å²) in [5.74, 6) is -0.414. The largest absolute Gasteiger partial charge is 0.465 e. The topological polar surface area (TPSA) is 66.9 Å². The van der Waals surface area contributed by atoms with Crippen molar-refractivity contribution < 1.29 is 17.9 Å². The molecule has 1 aliphatic heterocycles. The number of carbonyl (C=O) groups excluding carboxylic acids is 1. The van der Waals surface area contributed by atoms with Crippen molar-refractivity contribution in [3.8, 4) is 0 Å². The van der Waals surface area contributed by atoms with Gasteiger partial charge in [0.05, 0.1) is 24.9 Å². The van der Waals surface area contributed by atoms with E-state index in [9.17, 15) is 13.2 Å². The zero-order valence-corrected chi connectivity index (χ0v) is 16.2. The van der Waals surface area contributed by atoms with Gasteiger partial charge in [0.15, 0.2) is 0 Å². The Labute approximate surface area is 160 Å². The van der Waals surface area contributed by atoms with E-state index in [1.54, 1.807) is 40.7 Å². The average Bonchev–Trinajstić information content (AvgIpc) is 2.73. The molecule has 0 unspecified atom stereocenters. The SMILES string of the molecule is COC(=O)c1ccc(CN(c2ccccc2)S(=O)(=O)N2CCCCC2)cc1. The second-order valence-electron chi connectivity index (χ2n) is 6.50. The Morgan fingerprint density at radius 2 is 1.63 bits per heavy atom. The smallest absolute Gasteiger partial charge is 0.337 e. The van der Waals surface area contributed by atoms with Crippen LogP contribution < -0.4 is 4.31 Å². The highest BCUT2D eigenvalue weighted by Gasteiger charge is 2.31. The lowest BCUT2D eigenvalue weighted by molar-refractivity contribution is 0.0600. The highest BCUT2D eigenvalue weighted by molar-refractivity contribution is 7.90. The van der Waals surface area contributed by atoms with Crippen LogP contribution in [0.25, 0.3) is 0 Å². The Bertz CT molecular complexity index is 861. The molecule has 7 heteroatoms. The zero-order valence-electron chi connectivity index (χ0n) is 15.4. The van der Waals surface area contributed by atoms with Crippen LogP contribution >= 0.6 is 0 Å². The molecule has 0 radical (unpaired) electrons. The van der Waals surface area contributed by atoms with E-state index in [0.29, 0.717) is 24.3 Å². The zero-order chi connectivity index (χ0) is 19.3. The third-order valence-corrected chi connectivity index (χ3v) is 6.58. The van der Waals surface area contributed by atoms with Crippen LogP contribution in [-0.4, -0.2) is 38.9 Å². The number of anilines is 1. The van der Waals surface area contributed by atoms with Gasteiger partial charge in [0, 0.05) is 13.1 Å². The van der Waals surface area contributed by atoms with Crippen molar-refractivity contribution in [2.75, 3.05) is 24.5 Å². The number of nitrogens with zero attached hydrogens (tertiary/aromatic N) is 2. The first-order valence-corrected chi connectivity index (χ1v) is 10.4. The van der Waals surface area contributed by atoms with Gasteiger partial charge in [-0.05, 0) is 42.7 Å². The maximum Gasteiger partial charge on any atom is 0.337 e. The van der Waals surface area contributed by atoms with Crippen molar-refractivity contribution in [1.82, 2.24) is 4.31 Å². The van der Waals surface area contributed by atoms with Crippen LogP contribution in [0, 0.1) is 0 Å². The molecule has 144 valence electrons. The molecule has 0 saturated carbocycles. The average molecular weight is 388 g/mol. The Balaban J connectivity index is 1.90. The number of para-hydroxylation sites is 1. The summed E-state index contributed by atoms with van der Waals surface area (Å²) < 4.78 is 34.3. The molecular weight excluding hydrogens is 364 g/mol. The molecule has 3 rings (SSSR count). The van der Waals surface area contributed by atoms with E-state index in [0.717, 1.165) is 24.8 Å². The summed E-state index contributed by atoms with van der Waals surface area (Å²) in [6.07, 6.45) is 2.83. The van der Waals surface area contributed by atoms with Crippen molar-refractivity contribution in [3.63, 3.8) is 0 Å². The van der Waals surface area contributed by atoms with Crippen molar-refractivity contribution in [3.05, 3.63) is 65.7 Å². The number of esters is 1. The van der Waals surface area contributed by atoms with E-state index >= 15 is 0 Å². The molecule has 0 N–H and O–H groups in total. The molecule has 2 aromatic rings. The van der Waals surface area contributed by atoms with Gasteiger partial charge in [-0.2, -0.15) is 12.7 Å². The summed E-state index contributed by atoms with van der Waals surface area (Å²) in [4.78, 5) is 11.6. The van der Waals surface area contributed by atoms with Crippen molar-refractivity contribution in [2.45, 2.75) is 25.8 Å². The monoisotopic (exact) mass is 388 g/mol. The van der Waals surface area contributed by atoms with Crippen LogP contribution in [-0.2, 0) is 21.5 Å². The van der Waals surface area contributed by atoms with Gasteiger partial charge in [0.2, 0.25) is 0 Å². The summed E-state index contributed by atoms with van der Waals surface area (Å²) in [7, 11) is -2.30. The Morgan fingerprint density at radius 1 is 1.00 bits per heavy atom. The minimum absolute atomic E-state index is 0.199. The normalized spacial score (nSPS) is 15.3. The predicted octanol–water partition coefficient (Wildman–Crippen LogP) is 3.21. The fourth-order valence-electron chi connectivity index (χ4n) is 3.17. The highest BCUT2D eigenvalue weighted by Crippen LogP contribution is 2.25. The van der Waals surface area contributed by atoms with Gasteiger partial charge in [-0.1, -0.05) is 36.8 Å². The molecule has 0 amide bonds. The third kappa shape index (κ3) is 4.48. The first-order valence-electron chi connectivity index (χ1n) is 9.02. The Morgan fingerprint density at radius 3 is 2.22 bits per heavy atom. The lowest BCUT2D eigenvalue weighted by Gasteiger charge is -2.33. The van der Waals surface area contributed by atoms with Gasteiger partial charge in [0.25, 0.3) is 0 Å². The van der Waals surface area contributed by atoms with Gasteiger partial charge in [-0.25, -0.2) is 4.79 Å². The molecule has 0 aliphatic carbocycles. The summed E-state index contributed by atoms with van der Waals surface area (Å²) in [6.45, 7) is 1.30. The molecule has 1 fully saturated rings. The van der Waals surface area contributed by atoms with Crippen LogP contribution in [0.4, 0.5) is 5.69 Å². The standard InChI is InChI=1S/C20H24N2O4S/c1-26-20(23)18-12-10-17(11-13-18)16-22(19-8-4-2-5-9-19)27(24,25)21-14-6-3-7-15-21/h2,4-5,8-13H,3,6-7,14-16H2,1H3. The van der Waals surface area contributed by atoms with E-state index in [1.807, 2.05) is 18.2 Å². The summed E-state index contributed by atoms with van der Waals surface area (Å²) in [5.41, 5.74) is 1.86. The fourth-order valence-corrected chi connectivity index (χ4v) is 4.86. The van der Waals surface area contributed by atoms with Gasteiger partial charge in [-0.15, -0.1) is 0 Å². The number of methoxy groups -OCH3 is 1. The highest BCUT2D eigenvalue weighted by atomic mass is 32.2. The van der Waals surface area contributed by atoms with Crippen LogP contribution in [0.3, 0.4) is 0 Å². The van der Waals surface area contributed by atoms with Crippen molar-refractivity contribution in [2.24, 2.45) is 0 Å². The minimum atomic E-state index is -3.63. The fraction of sp³-hybridized carbons (Fsp3) is 0.350. The van der Waals surface area contributed by atoms with Crippen LogP contribution in [0.2, 0.25) is 0 Å². The van der Waals surface area contributed by atoms with E-state index < -0.39 is 16.2 Å². The number of piperidine rings is 1. The van der Waals surface area contributed by atoms with Crippen molar-refractivity contribution in [1.29, 1.82) is 0 Å². The maximum absolute atomic E-state index is 13.3. The lowest BCUT2D eigenvalue weighted by atomic mass is 10.1. The maximum atomic E-state index is 13.3. The molecule has 0 spiro atoms. The Hall–Kier alpha value is -2.38. The van der Waals surface area contributed by atoms with Gasteiger partial charge in [0.1, 0.15) is 0 Å². The first kappa shape index (κ1) is 19.4. The minimum Gasteiger partial charge on any atom is -0.465 e. The number of hydrogen-bond acceptors (Lipinski definition) is 4. The van der Waals surface area contributed by atoms with Gasteiger partial charge >= 0.3 is 16.2 Å². The predicted molar refractivity (Wildman–Crippen MR) is 105 cm³/mol. The molecule has 27 heavy (non-hydrogen) atoms. The number of benzene rings is 2. The second-order valence-corrected chi connectivity index (χ2v) is 8.35. The number of rotatable bonds is 6. The van der Waals surface area contributed by atoms with Crippen LogP contribution in [0.1, 0.15) is 35.2 Å². The Kier molecular flexibility index (Phi) is 6.13. The van der Waals surface area contributed by atoms with Crippen molar-refractivity contribution >= 4 is 21.9 Å². The molecule has 0 bridgehead atoms. The van der Waals surface area contributed by atoms with Gasteiger partial charge < -0.3 is 4.74 Å². The van der Waals surface area contributed by atoms with E-state index in [2.05, 4.69) is 0 Å². The summed E-state index contributed by atoms with van der Waals surface area (Å²) >= 11 is 0. The van der Waals surface area contributed by atoms with Crippen LogP contribution in [0.5, 0.6) is 0 Å². The second kappa shape index (κ2) is 8.54. The number of ether oxygens (including phenoxy) is 1. The summed E-state index contributed by atoms with van der Waals surface area (Å²) in [5, 5.41) is 0. The molecule has 1 saturated heterocycles. The lowest BCUT2D eigenvalue weighted by Crippen LogP contribution is -2.45. The molecule has 1 heterocycles. The molecule has 0 atom stereocenters. The molecule has 6 nitrogen and oxygen atoms in total. The number of hydrogen-bond donors (Lipinski definition) is 0. The van der Waals surface area contributed by atoms with E-state index in [-0.39, 0.29) is 6.54 Å². The molecule has 1 aliphatic rings. The van der Waals surface area contributed by atoms with Crippen LogP contribution in [0.15, 0.2) is 54.6 Å². The number of carbonyl (C=O) groups is 1. The van der Waals surface area contributed by atoms with E-state index in [4.69, 9.17) is 4.74 Å². The van der Waals surface area contributed by atoms with Gasteiger partial charge in [-0.3, -0.25) is 4.31 Å². The molecular formula is C20H24N2O4S.